The number of nitrogens with zero attached hydrogens (tertiary/aromatic N) is 1. The maximum absolute atomic E-state index is 11.9. The summed E-state index contributed by atoms with van der Waals surface area (Å²) >= 11 is 0. The Morgan fingerprint density at radius 1 is 1.11 bits per heavy atom. The molecule has 0 N–H and O–H groups in total. The smallest absolute Gasteiger partial charge is 0.254 e. The van der Waals surface area contributed by atoms with Gasteiger partial charge in [0, 0.05) is 18.2 Å². The van der Waals surface area contributed by atoms with Crippen molar-refractivity contribution in [2.75, 3.05) is 7.05 Å². The molecule has 2 aromatic carbocycles. The summed E-state index contributed by atoms with van der Waals surface area (Å²) in [7, 11) is 1.81. The Morgan fingerprint density at radius 2 is 1.89 bits per heavy atom. The van der Waals surface area contributed by atoms with Crippen LogP contribution in [0.2, 0.25) is 0 Å². The number of fused-ring (bicyclic) bond motifs is 1. The Morgan fingerprint density at radius 3 is 2.68 bits per heavy atom. The van der Waals surface area contributed by atoms with E-state index in [1.54, 1.807) is 4.90 Å². The molecule has 0 saturated carbocycles. The molecule has 1 aliphatic rings. The quantitative estimate of drug-likeness (QED) is 0.841. The number of amides is 1. The molecule has 2 aromatic rings. The first kappa shape index (κ1) is 11.8. The van der Waals surface area contributed by atoms with E-state index in [4.69, 9.17) is 4.74 Å². The van der Waals surface area contributed by atoms with Gasteiger partial charge in [-0.2, -0.15) is 0 Å². The van der Waals surface area contributed by atoms with E-state index >= 15 is 0 Å². The summed E-state index contributed by atoms with van der Waals surface area (Å²) in [4.78, 5) is 13.6. The number of carbonyl (C=O) groups excluding carboxylic acids is 1. The van der Waals surface area contributed by atoms with E-state index in [1.807, 2.05) is 55.6 Å². The van der Waals surface area contributed by atoms with Gasteiger partial charge in [-0.1, -0.05) is 36.4 Å². The van der Waals surface area contributed by atoms with Crippen molar-refractivity contribution < 1.29 is 9.53 Å². The minimum atomic E-state index is 0.0696. The zero-order chi connectivity index (χ0) is 13.2. The second kappa shape index (κ2) is 4.76. The molecule has 1 heterocycles. The summed E-state index contributed by atoms with van der Waals surface area (Å²) in [5.41, 5.74) is 2.87. The lowest BCUT2D eigenvalue weighted by molar-refractivity contribution is 0.0816. The largest absolute Gasteiger partial charge is 0.489 e. The normalized spacial score (nSPS) is 13.5. The Hall–Kier alpha value is -2.29. The first-order valence-electron chi connectivity index (χ1n) is 6.30. The Kier molecular flexibility index (Phi) is 2.95. The molecule has 0 bridgehead atoms. The van der Waals surface area contributed by atoms with Crippen molar-refractivity contribution in [3.8, 4) is 5.75 Å². The van der Waals surface area contributed by atoms with Crippen LogP contribution in [-0.2, 0) is 13.2 Å². The summed E-state index contributed by atoms with van der Waals surface area (Å²) < 4.78 is 5.85. The van der Waals surface area contributed by atoms with Crippen LogP contribution in [0.25, 0.3) is 0 Å². The Balaban J connectivity index is 1.82. The number of carbonyl (C=O) groups is 1. The summed E-state index contributed by atoms with van der Waals surface area (Å²) in [6.45, 7) is 1.15. The number of rotatable bonds is 3. The second-order valence-corrected chi connectivity index (χ2v) is 4.72. The molecule has 0 saturated heterocycles. The number of hydrogen-bond donors (Lipinski definition) is 0. The highest BCUT2D eigenvalue weighted by Crippen LogP contribution is 2.30. The van der Waals surface area contributed by atoms with Crippen LogP contribution in [0.3, 0.4) is 0 Å². The van der Waals surface area contributed by atoms with E-state index in [0.29, 0.717) is 13.2 Å². The molecular weight excluding hydrogens is 238 g/mol. The van der Waals surface area contributed by atoms with E-state index in [-0.39, 0.29) is 5.91 Å². The van der Waals surface area contributed by atoms with E-state index in [9.17, 15) is 4.79 Å². The summed E-state index contributed by atoms with van der Waals surface area (Å²) in [5.74, 6) is 0.874. The fourth-order valence-corrected chi connectivity index (χ4v) is 2.31. The molecule has 96 valence electrons. The van der Waals surface area contributed by atoms with Crippen molar-refractivity contribution in [2.45, 2.75) is 13.2 Å². The number of benzene rings is 2. The molecule has 0 aliphatic carbocycles. The summed E-state index contributed by atoms with van der Waals surface area (Å²) in [6.07, 6.45) is 0. The van der Waals surface area contributed by atoms with Crippen LogP contribution >= 0.6 is 0 Å². The van der Waals surface area contributed by atoms with Crippen LogP contribution < -0.4 is 4.74 Å². The fourth-order valence-electron chi connectivity index (χ4n) is 2.31. The standard InChI is InChI=1S/C16H15NO2/c1-17-10-14-13(16(17)18)8-5-9-15(14)19-11-12-6-3-2-4-7-12/h2-9H,10-11H2,1H3. The highest BCUT2D eigenvalue weighted by molar-refractivity contribution is 5.98. The van der Waals surface area contributed by atoms with Gasteiger partial charge in [-0.05, 0) is 17.7 Å². The predicted molar refractivity (Wildman–Crippen MR) is 73.0 cm³/mol. The molecule has 0 unspecified atom stereocenters. The molecule has 0 radical (unpaired) electrons. The molecule has 0 fully saturated rings. The van der Waals surface area contributed by atoms with Crippen molar-refractivity contribution in [1.82, 2.24) is 4.90 Å². The van der Waals surface area contributed by atoms with Crippen LogP contribution in [0.4, 0.5) is 0 Å². The molecule has 1 aliphatic heterocycles. The third-order valence-corrected chi connectivity index (χ3v) is 3.34. The zero-order valence-corrected chi connectivity index (χ0v) is 10.8. The van der Waals surface area contributed by atoms with E-state index in [2.05, 4.69) is 0 Å². The molecular formula is C16H15NO2. The van der Waals surface area contributed by atoms with Gasteiger partial charge >= 0.3 is 0 Å². The maximum Gasteiger partial charge on any atom is 0.254 e. The van der Waals surface area contributed by atoms with Gasteiger partial charge in [-0.3, -0.25) is 4.79 Å². The van der Waals surface area contributed by atoms with Gasteiger partial charge in [0.1, 0.15) is 12.4 Å². The lowest BCUT2D eigenvalue weighted by atomic mass is 10.1. The van der Waals surface area contributed by atoms with Crippen molar-refractivity contribution in [1.29, 1.82) is 0 Å². The highest BCUT2D eigenvalue weighted by Gasteiger charge is 2.26. The average molecular weight is 253 g/mol. The summed E-state index contributed by atoms with van der Waals surface area (Å²) in [5, 5.41) is 0. The monoisotopic (exact) mass is 253 g/mol. The lowest BCUT2D eigenvalue weighted by Gasteiger charge is -2.10. The molecule has 3 nitrogen and oxygen atoms in total. The third kappa shape index (κ3) is 2.19. The van der Waals surface area contributed by atoms with E-state index < -0.39 is 0 Å². The molecule has 0 atom stereocenters. The molecule has 1 amide bonds. The first-order valence-corrected chi connectivity index (χ1v) is 6.30. The van der Waals surface area contributed by atoms with Gasteiger partial charge in [0.05, 0.1) is 6.54 Å². The predicted octanol–water partition coefficient (Wildman–Crippen LogP) is 2.85. The van der Waals surface area contributed by atoms with Crippen LogP contribution in [0.1, 0.15) is 21.5 Å². The summed E-state index contributed by atoms with van der Waals surface area (Å²) in [6, 6.07) is 15.7. The van der Waals surface area contributed by atoms with E-state index in [1.165, 1.54) is 0 Å². The van der Waals surface area contributed by atoms with Gasteiger partial charge < -0.3 is 9.64 Å². The van der Waals surface area contributed by atoms with Gasteiger partial charge in [-0.15, -0.1) is 0 Å². The number of ether oxygens (including phenoxy) is 1. The van der Waals surface area contributed by atoms with Crippen LogP contribution in [0.15, 0.2) is 48.5 Å². The first-order chi connectivity index (χ1) is 9.25. The van der Waals surface area contributed by atoms with Crippen molar-refractivity contribution in [2.24, 2.45) is 0 Å². The molecule has 3 heteroatoms. The average Bonchev–Trinajstić information content (AvgIpc) is 2.74. The molecule has 3 rings (SSSR count). The SMILES string of the molecule is CN1Cc2c(OCc3ccccc3)cccc2C1=O. The molecule has 19 heavy (non-hydrogen) atoms. The highest BCUT2D eigenvalue weighted by atomic mass is 16.5. The lowest BCUT2D eigenvalue weighted by Crippen LogP contribution is -2.17. The minimum Gasteiger partial charge on any atom is -0.489 e. The van der Waals surface area contributed by atoms with Gasteiger partial charge in [-0.25, -0.2) is 0 Å². The third-order valence-electron chi connectivity index (χ3n) is 3.34. The Labute approximate surface area is 112 Å². The topological polar surface area (TPSA) is 29.5 Å². The zero-order valence-electron chi connectivity index (χ0n) is 10.8. The van der Waals surface area contributed by atoms with E-state index in [0.717, 1.165) is 22.4 Å². The molecule has 0 aromatic heterocycles. The van der Waals surface area contributed by atoms with Gasteiger partial charge in [0.25, 0.3) is 5.91 Å². The van der Waals surface area contributed by atoms with Crippen molar-refractivity contribution in [3.05, 3.63) is 65.2 Å². The van der Waals surface area contributed by atoms with Crippen LogP contribution in [0, 0.1) is 0 Å². The van der Waals surface area contributed by atoms with Crippen molar-refractivity contribution in [3.63, 3.8) is 0 Å². The molecule has 0 spiro atoms. The minimum absolute atomic E-state index is 0.0696. The maximum atomic E-state index is 11.9. The van der Waals surface area contributed by atoms with Crippen LogP contribution in [0.5, 0.6) is 5.75 Å². The van der Waals surface area contributed by atoms with Crippen molar-refractivity contribution >= 4 is 5.91 Å². The van der Waals surface area contributed by atoms with Gasteiger partial charge in [0.2, 0.25) is 0 Å². The van der Waals surface area contributed by atoms with Crippen LogP contribution in [-0.4, -0.2) is 17.9 Å². The van der Waals surface area contributed by atoms with Gasteiger partial charge in [0.15, 0.2) is 0 Å². The fraction of sp³-hybridized carbons (Fsp3) is 0.188. The Bertz CT molecular complexity index is 607. The number of hydrogen-bond acceptors (Lipinski definition) is 2. The second-order valence-electron chi connectivity index (χ2n) is 4.72.